The van der Waals surface area contributed by atoms with Crippen LogP contribution in [0.1, 0.15) is 5.56 Å². The Labute approximate surface area is 67.5 Å². The minimum absolute atomic E-state index is 0.0828. The van der Waals surface area contributed by atoms with Gasteiger partial charge in [-0.15, -0.1) is 0 Å². The van der Waals surface area contributed by atoms with Crippen LogP contribution in [0.2, 0.25) is 0 Å². The van der Waals surface area contributed by atoms with Gasteiger partial charge in [0.15, 0.2) is 11.6 Å². The van der Waals surface area contributed by atoms with Crippen LogP contribution in [0.15, 0.2) is 12.1 Å². The summed E-state index contributed by atoms with van der Waals surface area (Å²) in [7, 11) is 0. The van der Waals surface area contributed by atoms with Gasteiger partial charge in [0.05, 0.1) is 0 Å². The predicted octanol–water partition coefficient (Wildman–Crippen LogP) is 1.64. The van der Waals surface area contributed by atoms with E-state index in [9.17, 15) is 13.2 Å². The molecule has 0 spiro atoms. The molecule has 0 unspecified atom stereocenters. The molecule has 1 N–H and O–H groups in total. The summed E-state index contributed by atoms with van der Waals surface area (Å²) in [5, 5.41) is 8.41. The lowest BCUT2D eigenvalue weighted by molar-refractivity contribution is 0.296. The third-order valence-corrected chi connectivity index (χ3v) is 1.45. The topological polar surface area (TPSA) is 20.2 Å². The zero-order valence-corrected chi connectivity index (χ0v) is 6.15. The normalized spacial score (nSPS) is 10.3. The minimum Gasteiger partial charge on any atom is -0.396 e. The number of hydrogen-bond acceptors (Lipinski definition) is 1. The highest BCUT2D eigenvalue weighted by molar-refractivity contribution is 5.20. The minimum atomic E-state index is -1.22. The van der Waals surface area contributed by atoms with Crippen molar-refractivity contribution in [1.29, 1.82) is 0 Å². The first kappa shape index (κ1) is 9.06. The van der Waals surface area contributed by atoms with E-state index in [-0.39, 0.29) is 18.6 Å². The lowest BCUT2D eigenvalue weighted by Crippen LogP contribution is -1.99. The molecule has 1 aromatic rings. The number of benzene rings is 1. The monoisotopic (exact) mass is 176 g/mol. The molecule has 0 aliphatic carbocycles. The average Bonchev–Trinajstić information content (AvgIpc) is 2.00. The number of aliphatic hydroxyl groups is 1. The second-order valence-corrected chi connectivity index (χ2v) is 2.33. The van der Waals surface area contributed by atoms with Crippen LogP contribution in [0.25, 0.3) is 0 Å². The fourth-order valence-corrected chi connectivity index (χ4v) is 0.912. The van der Waals surface area contributed by atoms with Crippen LogP contribution in [0.4, 0.5) is 13.2 Å². The number of halogens is 3. The van der Waals surface area contributed by atoms with Crippen molar-refractivity contribution in [2.24, 2.45) is 0 Å². The van der Waals surface area contributed by atoms with Crippen LogP contribution in [0, 0.1) is 17.5 Å². The van der Waals surface area contributed by atoms with Crippen molar-refractivity contribution in [2.45, 2.75) is 6.42 Å². The van der Waals surface area contributed by atoms with Gasteiger partial charge in [-0.05, 0) is 18.1 Å². The molecular weight excluding hydrogens is 169 g/mol. The highest BCUT2D eigenvalue weighted by Gasteiger charge is 2.09. The highest BCUT2D eigenvalue weighted by Crippen LogP contribution is 2.14. The van der Waals surface area contributed by atoms with Crippen LogP contribution in [0.5, 0.6) is 0 Å². The summed E-state index contributed by atoms with van der Waals surface area (Å²) < 4.78 is 37.6. The molecule has 0 saturated heterocycles. The Balaban J connectivity index is 3.09. The molecule has 0 bridgehead atoms. The molecule has 0 amide bonds. The van der Waals surface area contributed by atoms with Crippen molar-refractivity contribution in [2.75, 3.05) is 6.61 Å². The first-order valence-electron chi connectivity index (χ1n) is 3.39. The first-order chi connectivity index (χ1) is 5.65. The molecular formula is C8H7F3O. The van der Waals surface area contributed by atoms with Gasteiger partial charge in [0.25, 0.3) is 0 Å². The molecule has 4 heteroatoms. The molecule has 0 saturated carbocycles. The van der Waals surface area contributed by atoms with Crippen LogP contribution < -0.4 is 0 Å². The summed E-state index contributed by atoms with van der Waals surface area (Å²) in [6.45, 7) is -0.334. The summed E-state index contributed by atoms with van der Waals surface area (Å²) in [6, 6.07) is 1.34. The summed E-state index contributed by atoms with van der Waals surface area (Å²) >= 11 is 0. The molecule has 0 aromatic heterocycles. The number of aliphatic hydroxyl groups excluding tert-OH is 1. The number of rotatable bonds is 2. The molecule has 1 rings (SSSR count). The summed E-state index contributed by atoms with van der Waals surface area (Å²) in [6.07, 6.45) is -0.0828. The largest absolute Gasteiger partial charge is 0.396 e. The van der Waals surface area contributed by atoms with Crippen LogP contribution in [0.3, 0.4) is 0 Å². The van der Waals surface area contributed by atoms with E-state index in [0.717, 1.165) is 6.07 Å². The molecule has 66 valence electrons. The molecule has 1 nitrogen and oxygen atoms in total. The van der Waals surface area contributed by atoms with Crippen LogP contribution >= 0.6 is 0 Å². The van der Waals surface area contributed by atoms with E-state index < -0.39 is 17.5 Å². The Morgan fingerprint density at radius 1 is 1.17 bits per heavy atom. The van der Waals surface area contributed by atoms with E-state index in [0.29, 0.717) is 6.07 Å². The lowest BCUT2D eigenvalue weighted by Gasteiger charge is -2.01. The summed E-state index contributed by atoms with van der Waals surface area (Å²) in [5.41, 5.74) is -0.144. The third-order valence-electron chi connectivity index (χ3n) is 1.45. The molecule has 1 aromatic carbocycles. The molecule has 12 heavy (non-hydrogen) atoms. The average molecular weight is 176 g/mol. The van der Waals surface area contributed by atoms with Gasteiger partial charge in [-0.1, -0.05) is 0 Å². The van der Waals surface area contributed by atoms with Gasteiger partial charge in [-0.2, -0.15) is 0 Å². The maximum Gasteiger partial charge on any atom is 0.162 e. The molecule has 0 aliphatic heterocycles. The molecule has 0 aliphatic rings. The van der Waals surface area contributed by atoms with Crippen molar-refractivity contribution in [3.8, 4) is 0 Å². The predicted molar refractivity (Wildman–Crippen MR) is 37.1 cm³/mol. The molecule has 0 fully saturated rings. The van der Waals surface area contributed by atoms with Crippen molar-refractivity contribution in [3.63, 3.8) is 0 Å². The lowest BCUT2D eigenvalue weighted by atomic mass is 10.1. The van der Waals surface area contributed by atoms with E-state index in [1.165, 1.54) is 0 Å². The maximum absolute atomic E-state index is 12.7. The third kappa shape index (κ3) is 1.76. The Hall–Kier alpha value is -1.03. The Kier molecular flexibility index (Phi) is 2.70. The molecule has 0 radical (unpaired) electrons. The zero-order chi connectivity index (χ0) is 9.14. The summed E-state index contributed by atoms with van der Waals surface area (Å²) in [4.78, 5) is 0. The fraction of sp³-hybridized carbons (Fsp3) is 0.250. The van der Waals surface area contributed by atoms with Gasteiger partial charge in [-0.3, -0.25) is 0 Å². The van der Waals surface area contributed by atoms with Gasteiger partial charge in [0.2, 0.25) is 0 Å². The van der Waals surface area contributed by atoms with Crippen molar-refractivity contribution in [1.82, 2.24) is 0 Å². The highest BCUT2D eigenvalue weighted by atomic mass is 19.2. The zero-order valence-electron chi connectivity index (χ0n) is 6.15. The quantitative estimate of drug-likeness (QED) is 0.679. The van der Waals surface area contributed by atoms with Gasteiger partial charge in [0.1, 0.15) is 5.82 Å². The Bertz CT molecular complexity index is 286. The van der Waals surface area contributed by atoms with Crippen LogP contribution in [-0.4, -0.2) is 11.7 Å². The Morgan fingerprint density at radius 3 is 2.42 bits per heavy atom. The van der Waals surface area contributed by atoms with E-state index in [4.69, 9.17) is 5.11 Å². The SMILES string of the molecule is OCCc1cc(F)cc(F)c1F. The van der Waals surface area contributed by atoms with Crippen molar-refractivity contribution >= 4 is 0 Å². The fourth-order valence-electron chi connectivity index (χ4n) is 0.912. The van der Waals surface area contributed by atoms with E-state index in [1.807, 2.05) is 0 Å². The number of hydrogen-bond donors (Lipinski definition) is 1. The molecule has 0 heterocycles. The van der Waals surface area contributed by atoms with Gasteiger partial charge in [0, 0.05) is 12.7 Å². The van der Waals surface area contributed by atoms with Gasteiger partial charge in [-0.25, -0.2) is 13.2 Å². The second-order valence-electron chi connectivity index (χ2n) is 2.33. The van der Waals surface area contributed by atoms with Gasteiger partial charge >= 0.3 is 0 Å². The van der Waals surface area contributed by atoms with Crippen molar-refractivity contribution < 1.29 is 18.3 Å². The van der Waals surface area contributed by atoms with E-state index >= 15 is 0 Å². The first-order valence-corrected chi connectivity index (χ1v) is 3.39. The van der Waals surface area contributed by atoms with Crippen LogP contribution in [-0.2, 0) is 6.42 Å². The summed E-state index contributed by atoms with van der Waals surface area (Å²) in [5.74, 6) is -3.15. The second kappa shape index (κ2) is 3.58. The van der Waals surface area contributed by atoms with E-state index in [2.05, 4.69) is 0 Å². The smallest absolute Gasteiger partial charge is 0.162 e. The van der Waals surface area contributed by atoms with Gasteiger partial charge < -0.3 is 5.11 Å². The van der Waals surface area contributed by atoms with E-state index in [1.54, 1.807) is 0 Å². The standard InChI is InChI=1S/C8H7F3O/c9-6-3-5(1-2-12)8(11)7(10)4-6/h3-4,12H,1-2H2. The molecule has 0 atom stereocenters. The maximum atomic E-state index is 12.7. The van der Waals surface area contributed by atoms with Crippen molar-refractivity contribution in [3.05, 3.63) is 35.1 Å². The Morgan fingerprint density at radius 2 is 1.83 bits per heavy atom.